The van der Waals surface area contributed by atoms with E-state index in [1.807, 2.05) is 11.0 Å². The monoisotopic (exact) mass is 443 g/mol. The van der Waals surface area contributed by atoms with Crippen LogP contribution in [-0.4, -0.2) is 62.3 Å². The van der Waals surface area contributed by atoms with Crippen molar-refractivity contribution in [2.24, 2.45) is 0 Å². The summed E-state index contributed by atoms with van der Waals surface area (Å²) in [4.78, 5) is 14.6. The molecule has 0 bridgehead atoms. The number of benzene rings is 1. The Balaban J connectivity index is 1.50. The number of halogens is 1. The van der Waals surface area contributed by atoms with Gasteiger partial charge in [-0.3, -0.25) is 9.69 Å². The first-order chi connectivity index (χ1) is 12.4. The van der Waals surface area contributed by atoms with E-state index in [-0.39, 0.29) is 5.91 Å². The summed E-state index contributed by atoms with van der Waals surface area (Å²) in [7, 11) is -3.48. The highest BCUT2D eigenvalue weighted by atomic mass is 79.9. The molecule has 1 aliphatic carbocycles. The van der Waals surface area contributed by atoms with Crippen molar-refractivity contribution in [3.05, 3.63) is 28.7 Å². The molecule has 1 amide bonds. The van der Waals surface area contributed by atoms with Gasteiger partial charge >= 0.3 is 0 Å². The minimum Gasteiger partial charge on any atom is -0.352 e. The van der Waals surface area contributed by atoms with Gasteiger partial charge in [-0.15, -0.1) is 0 Å². The van der Waals surface area contributed by atoms with E-state index in [0.29, 0.717) is 43.7 Å². The molecule has 1 saturated heterocycles. The predicted molar refractivity (Wildman–Crippen MR) is 104 cm³/mol. The smallest absolute Gasteiger partial charge is 0.243 e. The van der Waals surface area contributed by atoms with Crippen LogP contribution < -0.4 is 5.32 Å². The molecule has 1 aromatic carbocycles. The Morgan fingerprint density at radius 1 is 1.12 bits per heavy atom. The summed E-state index contributed by atoms with van der Waals surface area (Å²) in [6, 6.07) is 7.09. The fraction of sp³-hybridized carbons (Fsp3) is 0.611. The molecule has 144 valence electrons. The summed E-state index contributed by atoms with van der Waals surface area (Å²) < 4.78 is 27.7. The molecule has 0 radical (unpaired) electrons. The number of amides is 1. The largest absolute Gasteiger partial charge is 0.352 e. The highest BCUT2D eigenvalue weighted by Gasteiger charge is 2.29. The lowest BCUT2D eigenvalue weighted by atomic mass is 9.95. The Morgan fingerprint density at radius 2 is 1.81 bits per heavy atom. The molecule has 1 heterocycles. The van der Waals surface area contributed by atoms with Gasteiger partial charge in [-0.1, -0.05) is 41.3 Å². The molecule has 0 aromatic heterocycles. The van der Waals surface area contributed by atoms with Gasteiger partial charge < -0.3 is 5.32 Å². The van der Waals surface area contributed by atoms with Crippen molar-refractivity contribution >= 4 is 31.9 Å². The van der Waals surface area contributed by atoms with E-state index in [9.17, 15) is 13.2 Å². The third-order valence-electron chi connectivity index (χ3n) is 5.10. The molecule has 6 nitrogen and oxygen atoms in total. The summed E-state index contributed by atoms with van der Waals surface area (Å²) in [5, 5.41) is 3.12. The number of nitrogens with zero attached hydrogens (tertiary/aromatic N) is 2. The van der Waals surface area contributed by atoms with Crippen LogP contribution in [0.15, 0.2) is 33.6 Å². The molecular formula is C18H26BrN3O3S. The quantitative estimate of drug-likeness (QED) is 0.756. The Bertz CT molecular complexity index is 727. The number of sulfonamides is 1. The van der Waals surface area contributed by atoms with Gasteiger partial charge in [0.1, 0.15) is 0 Å². The minimum atomic E-state index is -3.48. The SMILES string of the molecule is O=C(CN1CCN(S(=O)(=O)c2cccc(Br)c2)CC1)NC1CCCCC1. The van der Waals surface area contributed by atoms with Crippen molar-refractivity contribution in [2.45, 2.75) is 43.0 Å². The molecule has 26 heavy (non-hydrogen) atoms. The number of rotatable bonds is 5. The van der Waals surface area contributed by atoms with E-state index in [1.165, 1.54) is 23.6 Å². The predicted octanol–water partition coefficient (Wildman–Crippen LogP) is 2.20. The van der Waals surface area contributed by atoms with Crippen molar-refractivity contribution in [1.82, 2.24) is 14.5 Å². The standard InChI is InChI=1S/C18H26BrN3O3S/c19-15-5-4-8-17(13-15)26(24,25)22-11-9-21(10-12-22)14-18(23)20-16-6-2-1-3-7-16/h4-5,8,13,16H,1-3,6-7,9-12,14H2,(H,20,23). The third-order valence-corrected chi connectivity index (χ3v) is 7.49. The van der Waals surface area contributed by atoms with E-state index in [1.54, 1.807) is 18.2 Å². The van der Waals surface area contributed by atoms with Gasteiger partial charge in [0.25, 0.3) is 0 Å². The molecule has 1 N–H and O–H groups in total. The molecule has 8 heteroatoms. The second-order valence-electron chi connectivity index (χ2n) is 7.04. The second kappa shape index (κ2) is 8.82. The van der Waals surface area contributed by atoms with Gasteiger partial charge in [-0.25, -0.2) is 8.42 Å². The van der Waals surface area contributed by atoms with E-state index < -0.39 is 10.0 Å². The molecule has 2 fully saturated rings. The van der Waals surface area contributed by atoms with Crippen LogP contribution in [0, 0.1) is 0 Å². The maximum absolute atomic E-state index is 12.7. The van der Waals surface area contributed by atoms with Crippen molar-refractivity contribution in [3.8, 4) is 0 Å². The van der Waals surface area contributed by atoms with Crippen molar-refractivity contribution in [1.29, 1.82) is 0 Å². The first-order valence-corrected chi connectivity index (χ1v) is 11.5. The van der Waals surface area contributed by atoms with Crippen LogP contribution in [-0.2, 0) is 14.8 Å². The molecular weight excluding hydrogens is 418 g/mol. The van der Waals surface area contributed by atoms with Gasteiger partial charge in [0, 0.05) is 36.7 Å². The zero-order valence-corrected chi connectivity index (χ0v) is 17.3. The minimum absolute atomic E-state index is 0.0557. The maximum Gasteiger partial charge on any atom is 0.243 e. The van der Waals surface area contributed by atoms with Crippen LogP contribution in [0.1, 0.15) is 32.1 Å². The summed E-state index contributed by atoms with van der Waals surface area (Å²) >= 11 is 3.32. The van der Waals surface area contributed by atoms with Crippen LogP contribution in [0.5, 0.6) is 0 Å². The highest BCUT2D eigenvalue weighted by molar-refractivity contribution is 9.10. The number of hydrogen-bond acceptors (Lipinski definition) is 4. The molecule has 1 aromatic rings. The lowest BCUT2D eigenvalue weighted by Crippen LogP contribution is -2.51. The third kappa shape index (κ3) is 5.06. The summed E-state index contributed by atoms with van der Waals surface area (Å²) in [6.45, 7) is 2.31. The lowest BCUT2D eigenvalue weighted by Gasteiger charge is -2.34. The highest BCUT2D eigenvalue weighted by Crippen LogP contribution is 2.21. The van der Waals surface area contributed by atoms with Crippen molar-refractivity contribution in [2.75, 3.05) is 32.7 Å². The van der Waals surface area contributed by atoms with Crippen molar-refractivity contribution in [3.63, 3.8) is 0 Å². The first kappa shape index (κ1) is 19.8. The number of hydrogen-bond donors (Lipinski definition) is 1. The van der Waals surface area contributed by atoms with Gasteiger partial charge in [0.2, 0.25) is 15.9 Å². The number of nitrogens with one attached hydrogen (secondary N) is 1. The van der Waals surface area contributed by atoms with Crippen LogP contribution in [0.2, 0.25) is 0 Å². The zero-order valence-electron chi connectivity index (χ0n) is 14.9. The molecule has 0 spiro atoms. The fourth-order valence-electron chi connectivity index (χ4n) is 3.63. The van der Waals surface area contributed by atoms with Gasteiger partial charge in [-0.2, -0.15) is 4.31 Å². The van der Waals surface area contributed by atoms with Crippen LogP contribution in [0.3, 0.4) is 0 Å². The molecule has 2 aliphatic rings. The average molecular weight is 444 g/mol. The van der Waals surface area contributed by atoms with E-state index in [0.717, 1.165) is 17.3 Å². The lowest BCUT2D eigenvalue weighted by molar-refractivity contribution is -0.123. The molecule has 1 aliphatic heterocycles. The summed E-state index contributed by atoms with van der Waals surface area (Å²) in [6.07, 6.45) is 5.80. The number of carbonyl (C=O) groups excluding carboxylic acids is 1. The summed E-state index contributed by atoms with van der Waals surface area (Å²) in [5.74, 6) is 0.0557. The summed E-state index contributed by atoms with van der Waals surface area (Å²) in [5.41, 5.74) is 0. The number of piperazine rings is 1. The number of carbonyl (C=O) groups is 1. The van der Waals surface area contributed by atoms with E-state index >= 15 is 0 Å². The molecule has 0 unspecified atom stereocenters. The second-order valence-corrected chi connectivity index (χ2v) is 9.89. The zero-order chi connectivity index (χ0) is 18.6. The van der Waals surface area contributed by atoms with Crippen LogP contribution in [0.4, 0.5) is 0 Å². The van der Waals surface area contributed by atoms with Gasteiger partial charge in [0.05, 0.1) is 11.4 Å². The Hall–Kier alpha value is -0.960. The van der Waals surface area contributed by atoms with E-state index in [2.05, 4.69) is 21.2 Å². The van der Waals surface area contributed by atoms with Gasteiger partial charge in [0.15, 0.2) is 0 Å². The first-order valence-electron chi connectivity index (χ1n) is 9.22. The van der Waals surface area contributed by atoms with Crippen LogP contribution in [0.25, 0.3) is 0 Å². The van der Waals surface area contributed by atoms with E-state index in [4.69, 9.17) is 0 Å². The Kier molecular flexibility index (Phi) is 6.71. The normalized spacial score (nSPS) is 20.8. The molecule has 1 saturated carbocycles. The molecule has 3 rings (SSSR count). The average Bonchev–Trinajstić information content (AvgIpc) is 2.63. The Labute approximate surface area is 164 Å². The van der Waals surface area contributed by atoms with Crippen LogP contribution >= 0.6 is 15.9 Å². The topological polar surface area (TPSA) is 69.7 Å². The van der Waals surface area contributed by atoms with Gasteiger partial charge in [-0.05, 0) is 31.0 Å². The maximum atomic E-state index is 12.7. The Morgan fingerprint density at radius 3 is 2.46 bits per heavy atom. The van der Waals surface area contributed by atoms with Crippen molar-refractivity contribution < 1.29 is 13.2 Å². The molecule has 0 atom stereocenters. The fourth-order valence-corrected chi connectivity index (χ4v) is 5.65.